The first-order valence-corrected chi connectivity index (χ1v) is 6.49. The highest BCUT2D eigenvalue weighted by atomic mass is 15.1. The molecule has 0 atom stereocenters. The number of nitrogens with one attached hydrogen (secondary N) is 4. The summed E-state index contributed by atoms with van der Waals surface area (Å²) in [5, 5.41) is 9.92. The number of nitrogens with zero attached hydrogens (tertiary/aromatic N) is 2. The number of aromatic amines is 1. The fraction of sp³-hybridized carbons (Fsp3) is 0.385. The molecule has 0 aliphatic carbocycles. The third-order valence-corrected chi connectivity index (χ3v) is 3.09. The summed E-state index contributed by atoms with van der Waals surface area (Å²) in [7, 11) is 0. The van der Waals surface area contributed by atoms with E-state index in [-0.39, 0.29) is 0 Å². The molecule has 3 heterocycles. The molecular formula is C13H18N6. The lowest BCUT2D eigenvalue weighted by molar-refractivity contribution is 0.471. The highest BCUT2D eigenvalue weighted by Gasteiger charge is 2.16. The lowest BCUT2D eigenvalue weighted by Crippen LogP contribution is -2.51. The van der Waals surface area contributed by atoms with Crippen molar-refractivity contribution in [1.29, 1.82) is 0 Å². The lowest BCUT2D eigenvalue weighted by atomic mass is 10.2. The molecule has 1 aliphatic heterocycles. The van der Waals surface area contributed by atoms with Crippen LogP contribution in [-0.4, -0.2) is 34.1 Å². The van der Waals surface area contributed by atoms with E-state index >= 15 is 0 Å². The van der Waals surface area contributed by atoms with Gasteiger partial charge in [-0.05, 0) is 19.1 Å². The third-order valence-electron chi connectivity index (χ3n) is 3.09. The maximum Gasteiger partial charge on any atom is 0.132 e. The molecule has 0 spiro atoms. The van der Waals surface area contributed by atoms with Crippen molar-refractivity contribution in [2.24, 2.45) is 0 Å². The number of aromatic nitrogens is 3. The van der Waals surface area contributed by atoms with Crippen LogP contribution in [0.1, 0.15) is 11.5 Å². The smallest absolute Gasteiger partial charge is 0.132 e. The topological polar surface area (TPSA) is 77.7 Å². The average molecular weight is 258 g/mol. The van der Waals surface area contributed by atoms with Gasteiger partial charge < -0.3 is 20.9 Å². The molecule has 0 radical (unpaired) electrons. The summed E-state index contributed by atoms with van der Waals surface area (Å²) in [6.07, 6.45) is 1.92. The van der Waals surface area contributed by atoms with Crippen molar-refractivity contribution in [3.05, 3.63) is 35.9 Å². The van der Waals surface area contributed by atoms with Gasteiger partial charge in [-0.1, -0.05) is 0 Å². The molecule has 19 heavy (non-hydrogen) atoms. The van der Waals surface area contributed by atoms with E-state index in [0.29, 0.717) is 6.04 Å². The molecule has 0 amide bonds. The molecule has 6 nitrogen and oxygen atoms in total. The normalized spacial score (nSPS) is 15.0. The number of anilines is 2. The molecule has 3 rings (SSSR count). The van der Waals surface area contributed by atoms with Gasteiger partial charge in [-0.2, -0.15) is 0 Å². The molecule has 0 saturated carbocycles. The van der Waals surface area contributed by atoms with E-state index in [9.17, 15) is 0 Å². The molecule has 4 N–H and O–H groups in total. The standard InChI is InChI=1S/C13H18N6/c1-9-17-12(16-8-10-3-2-4-15-10)5-13(18-9)19-11-6-14-7-11/h2-5,11,14-15H,6-8H2,1H3,(H2,16,17,18,19). The maximum absolute atomic E-state index is 4.40. The summed E-state index contributed by atoms with van der Waals surface area (Å²) in [6, 6.07) is 6.46. The van der Waals surface area contributed by atoms with Gasteiger partial charge in [0.2, 0.25) is 0 Å². The van der Waals surface area contributed by atoms with Crippen molar-refractivity contribution >= 4 is 11.6 Å². The van der Waals surface area contributed by atoms with Crippen molar-refractivity contribution in [1.82, 2.24) is 20.3 Å². The largest absolute Gasteiger partial charge is 0.365 e. The first-order chi connectivity index (χ1) is 9.29. The zero-order valence-electron chi connectivity index (χ0n) is 10.9. The Balaban J connectivity index is 1.66. The Morgan fingerprint density at radius 3 is 2.84 bits per heavy atom. The van der Waals surface area contributed by atoms with E-state index in [0.717, 1.165) is 42.8 Å². The van der Waals surface area contributed by atoms with Crippen molar-refractivity contribution in [3.8, 4) is 0 Å². The Kier molecular flexibility index (Phi) is 3.33. The number of hydrogen-bond donors (Lipinski definition) is 4. The van der Waals surface area contributed by atoms with Gasteiger partial charge in [0, 0.05) is 31.0 Å². The van der Waals surface area contributed by atoms with Crippen molar-refractivity contribution < 1.29 is 0 Å². The van der Waals surface area contributed by atoms with Gasteiger partial charge in [0.25, 0.3) is 0 Å². The van der Waals surface area contributed by atoms with E-state index in [1.165, 1.54) is 0 Å². The van der Waals surface area contributed by atoms with Crippen molar-refractivity contribution in [3.63, 3.8) is 0 Å². The molecule has 1 fully saturated rings. The summed E-state index contributed by atoms with van der Waals surface area (Å²) in [5.74, 6) is 2.50. The highest BCUT2D eigenvalue weighted by Crippen LogP contribution is 2.14. The van der Waals surface area contributed by atoms with Crippen LogP contribution in [0, 0.1) is 6.92 Å². The van der Waals surface area contributed by atoms with E-state index < -0.39 is 0 Å². The summed E-state index contributed by atoms with van der Waals surface area (Å²) in [4.78, 5) is 12.0. The number of aryl methyl sites for hydroxylation is 1. The van der Waals surface area contributed by atoms with Crippen LogP contribution in [0.25, 0.3) is 0 Å². The van der Waals surface area contributed by atoms with Crippen LogP contribution >= 0.6 is 0 Å². The van der Waals surface area contributed by atoms with E-state index in [4.69, 9.17) is 0 Å². The predicted octanol–water partition coefficient (Wildman–Crippen LogP) is 1.11. The molecule has 0 unspecified atom stereocenters. The molecule has 100 valence electrons. The summed E-state index contributed by atoms with van der Waals surface area (Å²) in [5.41, 5.74) is 1.13. The third kappa shape index (κ3) is 3.03. The predicted molar refractivity (Wildman–Crippen MR) is 75.2 cm³/mol. The maximum atomic E-state index is 4.40. The van der Waals surface area contributed by atoms with Crippen molar-refractivity contribution in [2.75, 3.05) is 23.7 Å². The quantitative estimate of drug-likeness (QED) is 0.646. The average Bonchev–Trinajstić information content (AvgIpc) is 2.84. The highest BCUT2D eigenvalue weighted by molar-refractivity contribution is 5.48. The van der Waals surface area contributed by atoms with Gasteiger partial charge in [0.1, 0.15) is 17.5 Å². The van der Waals surface area contributed by atoms with Gasteiger partial charge in [0.05, 0.1) is 12.6 Å². The van der Waals surface area contributed by atoms with E-state index in [2.05, 4.69) is 30.9 Å². The Labute approximate surface area is 112 Å². The van der Waals surface area contributed by atoms with Gasteiger partial charge in [0.15, 0.2) is 0 Å². The number of hydrogen-bond acceptors (Lipinski definition) is 5. The zero-order chi connectivity index (χ0) is 13.1. The monoisotopic (exact) mass is 258 g/mol. The molecule has 1 aliphatic rings. The fourth-order valence-electron chi connectivity index (χ4n) is 2.00. The van der Waals surface area contributed by atoms with Crippen LogP contribution in [-0.2, 0) is 6.54 Å². The molecular weight excluding hydrogens is 240 g/mol. The minimum Gasteiger partial charge on any atom is -0.365 e. The summed E-state index contributed by atoms with van der Waals surface area (Å²) < 4.78 is 0. The van der Waals surface area contributed by atoms with Gasteiger partial charge >= 0.3 is 0 Å². The first kappa shape index (κ1) is 12.0. The zero-order valence-corrected chi connectivity index (χ0v) is 10.9. The Bertz CT molecular complexity index is 532. The first-order valence-electron chi connectivity index (χ1n) is 6.49. The van der Waals surface area contributed by atoms with E-state index in [1.54, 1.807) is 0 Å². The van der Waals surface area contributed by atoms with Crippen LogP contribution in [0.3, 0.4) is 0 Å². The van der Waals surface area contributed by atoms with Crippen LogP contribution < -0.4 is 16.0 Å². The van der Waals surface area contributed by atoms with Crippen LogP contribution in [0.4, 0.5) is 11.6 Å². The van der Waals surface area contributed by atoms with Crippen molar-refractivity contribution in [2.45, 2.75) is 19.5 Å². The summed E-state index contributed by atoms with van der Waals surface area (Å²) in [6.45, 7) is 4.63. The second kappa shape index (κ2) is 5.27. The minimum atomic E-state index is 0.477. The van der Waals surface area contributed by atoms with Gasteiger partial charge in [-0.15, -0.1) is 0 Å². The Hall–Kier alpha value is -2.08. The number of H-pyrrole nitrogens is 1. The molecule has 0 aromatic carbocycles. The molecule has 6 heteroatoms. The lowest BCUT2D eigenvalue weighted by Gasteiger charge is -2.28. The molecule has 1 saturated heterocycles. The van der Waals surface area contributed by atoms with Crippen LogP contribution in [0.5, 0.6) is 0 Å². The van der Waals surface area contributed by atoms with Crippen LogP contribution in [0.15, 0.2) is 24.4 Å². The molecule has 2 aromatic heterocycles. The minimum absolute atomic E-state index is 0.477. The van der Waals surface area contributed by atoms with E-state index in [1.807, 2.05) is 31.3 Å². The fourth-order valence-corrected chi connectivity index (χ4v) is 2.00. The molecule has 2 aromatic rings. The summed E-state index contributed by atoms with van der Waals surface area (Å²) >= 11 is 0. The molecule has 0 bridgehead atoms. The van der Waals surface area contributed by atoms with Crippen LogP contribution in [0.2, 0.25) is 0 Å². The van der Waals surface area contributed by atoms with Gasteiger partial charge in [-0.25, -0.2) is 9.97 Å². The number of rotatable bonds is 5. The Morgan fingerprint density at radius 2 is 2.16 bits per heavy atom. The second-order valence-electron chi connectivity index (χ2n) is 4.73. The SMILES string of the molecule is Cc1nc(NCc2ccc[nH]2)cc(NC2CNC2)n1. The van der Waals surface area contributed by atoms with Gasteiger partial charge in [-0.3, -0.25) is 0 Å². The second-order valence-corrected chi connectivity index (χ2v) is 4.73. The Morgan fingerprint density at radius 1 is 1.32 bits per heavy atom.